The smallest absolute Gasteiger partial charge is 0.0648 e. The molecule has 1 unspecified atom stereocenters. The first kappa shape index (κ1) is 12.2. The third kappa shape index (κ3) is 2.88. The molecule has 0 spiro atoms. The van der Waals surface area contributed by atoms with Crippen LogP contribution in [-0.4, -0.2) is 10.2 Å². The Balaban J connectivity index is 2.25. The monoisotopic (exact) mass is 248 g/mol. The minimum absolute atomic E-state index is 0.0822. The molecule has 90 valence electrons. The molecule has 0 saturated carbocycles. The lowest BCUT2D eigenvalue weighted by Gasteiger charge is -2.17. The first-order valence-electron chi connectivity index (χ1n) is 5.48. The van der Waals surface area contributed by atoms with E-state index in [0.29, 0.717) is 0 Å². The molecule has 0 bridgehead atoms. The fourth-order valence-electron chi connectivity index (χ4n) is 1.83. The Kier molecular flexibility index (Phi) is 3.83. The lowest BCUT2D eigenvalue weighted by Crippen LogP contribution is -2.30. The highest BCUT2D eigenvalue weighted by Gasteiger charge is 2.14. The van der Waals surface area contributed by atoms with Crippen molar-refractivity contribution in [3.8, 4) is 0 Å². The maximum Gasteiger partial charge on any atom is 0.0648 e. The average molecular weight is 248 g/mol. The Morgan fingerprint density at radius 3 is 2.88 bits per heavy atom. The van der Waals surface area contributed by atoms with Gasteiger partial charge in [0.05, 0.1) is 17.4 Å². The van der Waals surface area contributed by atoms with Crippen molar-refractivity contribution < 1.29 is 0 Å². The summed E-state index contributed by atoms with van der Waals surface area (Å²) in [5.74, 6) is 5.65. The standard InChI is InChI=1S/C12H16N4S/c1-8-5-11(9(2)16-15-8)12(14-13)6-10-3-4-17-7-10/h3-5,7,12,14H,6,13H2,1-2H3. The van der Waals surface area contributed by atoms with Gasteiger partial charge in [0, 0.05) is 0 Å². The Hall–Kier alpha value is -1.30. The summed E-state index contributed by atoms with van der Waals surface area (Å²) in [7, 11) is 0. The zero-order chi connectivity index (χ0) is 12.3. The summed E-state index contributed by atoms with van der Waals surface area (Å²) in [6.07, 6.45) is 0.867. The molecule has 3 N–H and O–H groups in total. The Labute approximate surface area is 105 Å². The number of nitrogens with one attached hydrogen (secondary N) is 1. The first-order valence-corrected chi connectivity index (χ1v) is 6.43. The summed E-state index contributed by atoms with van der Waals surface area (Å²) in [6, 6.07) is 4.24. The lowest BCUT2D eigenvalue weighted by molar-refractivity contribution is 0.545. The quantitative estimate of drug-likeness (QED) is 0.641. The van der Waals surface area contributed by atoms with Crippen LogP contribution in [0, 0.1) is 13.8 Å². The van der Waals surface area contributed by atoms with Crippen molar-refractivity contribution in [3.05, 3.63) is 45.4 Å². The second-order valence-electron chi connectivity index (χ2n) is 4.08. The van der Waals surface area contributed by atoms with Gasteiger partial charge in [0.2, 0.25) is 0 Å². The van der Waals surface area contributed by atoms with Crippen LogP contribution in [0.3, 0.4) is 0 Å². The zero-order valence-corrected chi connectivity index (χ0v) is 10.8. The normalized spacial score (nSPS) is 12.6. The van der Waals surface area contributed by atoms with Crippen molar-refractivity contribution in [3.63, 3.8) is 0 Å². The van der Waals surface area contributed by atoms with E-state index in [9.17, 15) is 0 Å². The van der Waals surface area contributed by atoms with Gasteiger partial charge in [0.15, 0.2) is 0 Å². The molecular formula is C12H16N4S. The summed E-state index contributed by atoms with van der Waals surface area (Å²) in [5.41, 5.74) is 7.10. The van der Waals surface area contributed by atoms with Crippen molar-refractivity contribution >= 4 is 11.3 Å². The second-order valence-corrected chi connectivity index (χ2v) is 4.86. The highest BCUT2D eigenvalue weighted by Crippen LogP contribution is 2.21. The number of hydrazine groups is 1. The molecule has 17 heavy (non-hydrogen) atoms. The fraction of sp³-hybridized carbons (Fsp3) is 0.333. The van der Waals surface area contributed by atoms with Crippen LogP contribution < -0.4 is 11.3 Å². The van der Waals surface area contributed by atoms with E-state index >= 15 is 0 Å². The molecule has 1 atom stereocenters. The third-order valence-corrected chi connectivity index (χ3v) is 3.47. The highest BCUT2D eigenvalue weighted by molar-refractivity contribution is 7.07. The van der Waals surface area contributed by atoms with Crippen LogP contribution >= 0.6 is 11.3 Å². The van der Waals surface area contributed by atoms with Gasteiger partial charge in [0.1, 0.15) is 0 Å². The molecule has 0 fully saturated rings. The Bertz CT molecular complexity index is 481. The van der Waals surface area contributed by atoms with Crippen molar-refractivity contribution in [1.82, 2.24) is 15.6 Å². The highest BCUT2D eigenvalue weighted by atomic mass is 32.1. The summed E-state index contributed by atoms with van der Waals surface area (Å²) in [5, 5.41) is 12.4. The number of aryl methyl sites for hydroxylation is 2. The van der Waals surface area contributed by atoms with E-state index in [1.54, 1.807) is 11.3 Å². The predicted octanol–water partition coefficient (Wildman–Crippen LogP) is 1.90. The maximum atomic E-state index is 5.65. The van der Waals surface area contributed by atoms with Gasteiger partial charge in [-0.2, -0.15) is 21.5 Å². The maximum absolute atomic E-state index is 5.65. The van der Waals surface area contributed by atoms with Crippen LogP contribution in [0.4, 0.5) is 0 Å². The van der Waals surface area contributed by atoms with Gasteiger partial charge in [-0.15, -0.1) is 0 Å². The van der Waals surface area contributed by atoms with Crippen molar-refractivity contribution in [2.24, 2.45) is 5.84 Å². The molecule has 0 radical (unpaired) electrons. The Morgan fingerprint density at radius 2 is 2.24 bits per heavy atom. The van der Waals surface area contributed by atoms with Crippen LogP contribution in [-0.2, 0) is 6.42 Å². The van der Waals surface area contributed by atoms with Crippen LogP contribution in [0.25, 0.3) is 0 Å². The number of rotatable bonds is 4. The van der Waals surface area contributed by atoms with Crippen molar-refractivity contribution in [2.45, 2.75) is 26.3 Å². The molecule has 0 saturated heterocycles. The summed E-state index contributed by atoms with van der Waals surface area (Å²) >= 11 is 1.70. The first-order chi connectivity index (χ1) is 8.20. The van der Waals surface area contributed by atoms with Crippen LogP contribution in [0.15, 0.2) is 22.9 Å². The van der Waals surface area contributed by atoms with E-state index in [1.165, 1.54) is 5.56 Å². The molecule has 2 aromatic rings. The summed E-state index contributed by atoms with van der Waals surface area (Å²) < 4.78 is 0. The topological polar surface area (TPSA) is 63.8 Å². The third-order valence-electron chi connectivity index (χ3n) is 2.74. The molecule has 2 rings (SSSR count). The Morgan fingerprint density at radius 1 is 1.41 bits per heavy atom. The lowest BCUT2D eigenvalue weighted by atomic mass is 10.00. The molecule has 2 aromatic heterocycles. The van der Waals surface area contributed by atoms with Gasteiger partial charge in [0.25, 0.3) is 0 Å². The molecule has 0 aliphatic rings. The SMILES string of the molecule is Cc1cc(C(Cc2ccsc2)NN)c(C)nn1. The molecule has 5 heteroatoms. The van der Waals surface area contributed by atoms with Gasteiger partial charge in [-0.3, -0.25) is 11.3 Å². The van der Waals surface area contributed by atoms with E-state index in [-0.39, 0.29) is 6.04 Å². The van der Waals surface area contributed by atoms with E-state index in [1.807, 2.05) is 19.9 Å². The van der Waals surface area contributed by atoms with Crippen LogP contribution in [0.1, 0.15) is 28.6 Å². The molecule has 0 amide bonds. The number of thiophene rings is 1. The number of nitrogens with two attached hydrogens (primary N) is 1. The molecule has 0 aliphatic carbocycles. The predicted molar refractivity (Wildman–Crippen MR) is 69.6 cm³/mol. The van der Waals surface area contributed by atoms with E-state index in [0.717, 1.165) is 23.4 Å². The van der Waals surface area contributed by atoms with Gasteiger partial charge >= 0.3 is 0 Å². The van der Waals surface area contributed by atoms with E-state index < -0.39 is 0 Å². The molecular weight excluding hydrogens is 232 g/mol. The number of hydrogen-bond donors (Lipinski definition) is 2. The van der Waals surface area contributed by atoms with Crippen LogP contribution in [0.2, 0.25) is 0 Å². The van der Waals surface area contributed by atoms with Gasteiger partial charge < -0.3 is 0 Å². The number of nitrogens with zero attached hydrogens (tertiary/aromatic N) is 2. The van der Waals surface area contributed by atoms with E-state index in [2.05, 4.69) is 32.4 Å². The average Bonchev–Trinajstić information content (AvgIpc) is 2.82. The van der Waals surface area contributed by atoms with Crippen molar-refractivity contribution in [2.75, 3.05) is 0 Å². The van der Waals surface area contributed by atoms with Gasteiger partial charge in [-0.25, -0.2) is 0 Å². The minimum Gasteiger partial charge on any atom is -0.271 e. The van der Waals surface area contributed by atoms with Gasteiger partial charge in [-0.1, -0.05) is 0 Å². The summed E-state index contributed by atoms with van der Waals surface area (Å²) in [4.78, 5) is 0. The fourth-order valence-corrected chi connectivity index (χ4v) is 2.51. The number of aromatic nitrogens is 2. The molecule has 0 aromatic carbocycles. The molecule has 0 aliphatic heterocycles. The minimum atomic E-state index is 0.0822. The zero-order valence-electron chi connectivity index (χ0n) is 9.97. The second kappa shape index (κ2) is 5.35. The molecule has 4 nitrogen and oxygen atoms in total. The van der Waals surface area contributed by atoms with Crippen molar-refractivity contribution in [1.29, 1.82) is 0 Å². The number of hydrogen-bond acceptors (Lipinski definition) is 5. The summed E-state index contributed by atoms with van der Waals surface area (Å²) in [6.45, 7) is 3.90. The van der Waals surface area contributed by atoms with Gasteiger partial charge in [-0.05, 0) is 54.3 Å². The largest absolute Gasteiger partial charge is 0.271 e. The van der Waals surface area contributed by atoms with Crippen LogP contribution in [0.5, 0.6) is 0 Å². The molecule has 2 heterocycles. The van der Waals surface area contributed by atoms with E-state index in [4.69, 9.17) is 5.84 Å².